The third-order valence-electron chi connectivity index (χ3n) is 4.54. The summed E-state index contributed by atoms with van der Waals surface area (Å²) in [5.41, 5.74) is 2.39. The maximum Gasteiger partial charge on any atom is 0.268 e. The van der Waals surface area contributed by atoms with E-state index in [4.69, 9.17) is 14.9 Å². The van der Waals surface area contributed by atoms with Gasteiger partial charge in [0, 0.05) is 21.5 Å². The minimum Gasteiger partial charge on any atom is -0.454 e. The molecule has 1 aliphatic heterocycles. The van der Waals surface area contributed by atoms with Gasteiger partial charge in [-0.3, -0.25) is 5.41 Å². The van der Waals surface area contributed by atoms with Gasteiger partial charge in [0.1, 0.15) is 11.8 Å². The average Bonchev–Trinajstić information content (AvgIpc) is 3.49. The van der Waals surface area contributed by atoms with Crippen LogP contribution in [-0.2, 0) is 22.4 Å². The van der Waals surface area contributed by atoms with Gasteiger partial charge in [-0.2, -0.15) is 0 Å². The molecule has 1 unspecified atom stereocenters. The molecule has 3 aromatic heterocycles. The molecule has 0 amide bonds. The lowest BCUT2D eigenvalue weighted by molar-refractivity contribution is -0.0278. The zero-order valence-electron chi connectivity index (χ0n) is 15.5. The number of imidazole rings is 1. The van der Waals surface area contributed by atoms with Crippen molar-refractivity contribution in [3.8, 4) is 0 Å². The second kappa shape index (κ2) is 8.29. The molecule has 7 nitrogen and oxygen atoms in total. The van der Waals surface area contributed by atoms with Crippen LogP contribution in [0.1, 0.15) is 16.7 Å². The highest BCUT2D eigenvalue weighted by Crippen LogP contribution is 2.38. The zero-order valence-corrected chi connectivity index (χ0v) is 18.8. The normalized spacial score (nSPS) is 15.8. The van der Waals surface area contributed by atoms with Crippen molar-refractivity contribution in [1.82, 2.24) is 19.5 Å². The summed E-state index contributed by atoms with van der Waals surface area (Å²) < 4.78 is 14.5. The Morgan fingerprint density at radius 1 is 1.27 bits per heavy atom. The molecule has 0 saturated heterocycles. The van der Waals surface area contributed by atoms with E-state index in [0.717, 1.165) is 23.0 Å². The van der Waals surface area contributed by atoms with Crippen molar-refractivity contribution in [2.24, 2.45) is 0 Å². The number of H-pyrrole nitrogens is 1. The third kappa shape index (κ3) is 3.90. The first-order chi connectivity index (χ1) is 14.7. The number of nitrogens with zero attached hydrogens (tertiary/aromatic N) is 3. The molecule has 5 rings (SSSR count). The molecule has 30 heavy (non-hydrogen) atoms. The Kier molecular flexibility index (Phi) is 5.36. The first-order valence-corrected chi connectivity index (χ1v) is 11.6. The molecule has 0 bridgehead atoms. The van der Waals surface area contributed by atoms with Crippen LogP contribution < -0.4 is 5.49 Å². The van der Waals surface area contributed by atoms with E-state index < -0.39 is 6.29 Å². The van der Waals surface area contributed by atoms with Gasteiger partial charge in [-0.25, -0.2) is 9.97 Å². The van der Waals surface area contributed by atoms with Crippen LogP contribution in [0.4, 0.5) is 0 Å². The number of aromatic amines is 1. The second-order valence-electron chi connectivity index (χ2n) is 6.50. The van der Waals surface area contributed by atoms with Crippen LogP contribution >= 0.6 is 39.0 Å². The molecule has 10 heteroatoms. The van der Waals surface area contributed by atoms with Crippen molar-refractivity contribution in [3.05, 3.63) is 79.9 Å². The molecular formula is C20H16BrN5O2S2. The number of thiophene rings is 1. The van der Waals surface area contributed by atoms with Crippen LogP contribution in [0, 0.1) is 5.41 Å². The quantitative estimate of drug-likeness (QED) is 0.390. The Morgan fingerprint density at radius 3 is 3.00 bits per heavy atom. The van der Waals surface area contributed by atoms with E-state index in [-0.39, 0.29) is 5.49 Å². The van der Waals surface area contributed by atoms with E-state index in [2.05, 4.69) is 42.3 Å². The summed E-state index contributed by atoms with van der Waals surface area (Å²) in [6.45, 7) is 0.742. The highest BCUT2D eigenvalue weighted by atomic mass is 79.9. The van der Waals surface area contributed by atoms with E-state index in [1.54, 1.807) is 23.9 Å². The number of aryl methyl sites for hydroxylation is 2. The predicted molar refractivity (Wildman–Crippen MR) is 119 cm³/mol. The molecule has 2 N–H and O–H groups in total. The summed E-state index contributed by atoms with van der Waals surface area (Å²) in [6, 6.07) is 11.9. The molecule has 1 aromatic carbocycles. The highest BCUT2D eigenvalue weighted by Gasteiger charge is 2.25. The topological polar surface area (TPSA) is 88.8 Å². The van der Waals surface area contributed by atoms with Gasteiger partial charge in [0.25, 0.3) is 6.29 Å². The van der Waals surface area contributed by atoms with Gasteiger partial charge in [-0.1, -0.05) is 40.2 Å². The van der Waals surface area contributed by atoms with Crippen molar-refractivity contribution in [1.29, 1.82) is 5.41 Å². The fraction of sp³-hybridized carbons (Fsp3) is 0.150. The second-order valence-corrected chi connectivity index (χ2v) is 9.38. The number of aromatic nitrogens is 4. The number of hydrogen-bond acceptors (Lipinski definition) is 7. The standard InChI is InChI=1S/C20H16BrN5O2S2/c21-14-6-2-1-5-13(14)19-27-10-15(28-19)30-20-24-16-17(22)23-11-26(18(16)25-20)8-7-12-4-3-9-29-12/h1-6,9-11,19,22H,7-8H2,(H,24,25). The summed E-state index contributed by atoms with van der Waals surface area (Å²) in [7, 11) is 0. The SMILES string of the molecule is N=c1ncn(CCc2cccs2)c2nc(SC3=COC(c4ccccc4Br)O3)[nH]c12. The minimum atomic E-state index is -0.503. The number of thioether (sulfide) groups is 1. The lowest BCUT2D eigenvalue weighted by Crippen LogP contribution is -2.13. The first kappa shape index (κ1) is 19.4. The van der Waals surface area contributed by atoms with E-state index >= 15 is 0 Å². The first-order valence-electron chi connectivity index (χ1n) is 9.14. The van der Waals surface area contributed by atoms with Gasteiger partial charge in [0.05, 0.1) is 6.33 Å². The van der Waals surface area contributed by atoms with Gasteiger partial charge in [0.15, 0.2) is 16.3 Å². The Hall–Kier alpha value is -2.56. The Bertz CT molecular complexity index is 1280. The smallest absolute Gasteiger partial charge is 0.268 e. The van der Waals surface area contributed by atoms with Crippen LogP contribution in [0.2, 0.25) is 0 Å². The monoisotopic (exact) mass is 501 g/mol. The fourth-order valence-electron chi connectivity index (χ4n) is 3.08. The molecule has 0 saturated carbocycles. The number of benzene rings is 1. The van der Waals surface area contributed by atoms with E-state index in [1.807, 2.05) is 34.9 Å². The van der Waals surface area contributed by atoms with E-state index in [1.165, 1.54) is 16.6 Å². The summed E-state index contributed by atoms with van der Waals surface area (Å²) in [6.07, 6.45) is 3.65. The summed E-state index contributed by atoms with van der Waals surface area (Å²) >= 11 is 6.58. The Balaban J connectivity index is 1.34. The van der Waals surface area contributed by atoms with Crippen molar-refractivity contribution < 1.29 is 9.47 Å². The number of hydrogen-bond donors (Lipinski definition) is 2. The summed E-state index contributed by atoms with van der Waals surface area (Å²) in [5.74, 6) is 0. The lowest BCUT2D eigenvalue weighted by Gasteiger charge is -2.12. The van der Waals surface area contributed by atoms with Gasteiger partial charge in [-0.15, -0.1) is 11.3 Å². The predicted octanol–water partition coefficient (Wildman–Crippen LogP) is 4.94. The molecule has 4 aromatic rings. The third-order valence-corrected chi connectivity index (χ3v) is 6.98. The van der Waals surface area contributed by atoms with Crippen molar-refractivity contribution in [2.45, 2.75) is 24.4 Å². The number of ether oxygens (including phenoxy) is 2. The molecular weight excluding hydrogens is 486 g/mol. The van der Waals surface area contributed by atoms with Crippen LogP contribution in [0.15, 0.2) is 69.1 Å². The minimum absolute atomic E-state index is 0.167. The molecule has 1 atom stereocenters. The van der Waals surface area contributed by atoms with Gasteiger partial charge < -0.3 is 19.0 Å². The Morgan fingerprint density at radius 2 is 2.17 bits per heavy atom. The molecule has 152 valence electrons. The van der Waals surface area contributed by atoms with Crippen LogP contribution in [0.3, 0.4) is 0 Å². The molecule has 1 aliphatic rings. The van der Waals surface area contributed by atoms with Crippen molar-refractivity contribution in [3.63, 3.8) is 0 Å². The molecule has 0 radical (unpaired) electrons. The fourth-order valence-corrected chi connectivity index (χ4v) is 4.97. The molecule has 0 spiro atoms. The lowest BCUT2D eigenvalue weighted by atomic mass is 10.2. The molecule has 0 aliphatic carbocycles. The van der Waals surface area contributed by atoms with Crippen LogP contribution in [0.5, 0.6) is 0 Å². The number of nitrogens with one attached hydrogen (secondary N) is 2. The van der Waals surface area contributed by atoms with Gasteiger partial charge in [-0.05, 0) is 35.7 Å². The number of rotatable bonds is 6. The average molecular weight is 502 g/mol. The zero-order chi connectivity index (χ0) is 20.5. The molecule has 0 fully saturated rings. The Labute approximate surface area is 188 Å². The van der Waals surface area contributed by atoms with Crippen molar-refractivity contribution in [2.75, 3.05) is 0 Å². The number of halogens is 1. The van der Waals surface area contributed by atoms with Gasteiger partial charge in [0.2, 0.25) is 5.09 Å². The van der Waals surface area contributed by atoms with Gasteiger partial charge >= 0.3 is 0 Å². The molecule has 4 heterocycles. The summed E-state index contributed by atoms with van der Waals surface area (Å²) in [5, 5.41) is 11.4. The maximum atomic E-state index is 8.12. The largest absolute Gasteiger partial charge is 0.454 e. The van der Waals surface area contributed by atoms with E-state index in [9.17, 15) is 0 Å². The van der Waals surface area contributed by atoms with Crippen LogP contribution in [-0.4, -0.2) is 19.5 Å². The maximum absolute atomic E-state index is 8.12. The summed E-state index contributed by atoms with van der Waals surface area (Å²) in [4.78, 5) is 13.4. The van der Waals surface area contributed by atoms with E-state index in [0.29, 0.717) is 21.4 Å². The van der Waals surface area contributed by atoms with Crippen LogP contribution in [0.25, 0.3) is 11.2 Å². The highest BCUT2D eigenvalue weighted by molar-refractivity contribution is 9.10. The number of fused-ring (bicyclic) bond motifs is 1. The van der Waals surface area contributed by atoms with Crippen molar-refractivity contribution >= 4 is 50.2 Å².